The third-order valence-electron chi connectivity index (χ3n) is 9.10. The van der Waals surface area contributed by atoms with E-state index in [-0.39, 0.29) is 5.97 Å². The summed E-state index contributed by atoms with van der Waals surface area (Å²) in [5.41, 5.74) is 2.31. The predicted octanol–water partition coefficient (Wildman–Crippen LogP) is 11.6. The SMILES string of the molecule is CCCCCCCCCCC(=CCCCC1(CCCC(=O)OCCCCN(C)C)CC1)CCCCCCCCC. The molecular formula is C37H71NO2. The quantitative estimate of drug-likeness (QED) is 0.0496. The van der Waals surface area contributed by atoms with E-state index in [1.165, 1.54) is 148 Å². The maximum atomic E-state index is 12.1. The van der Waals surface area contributed by atoms with Crippen molar-refractivity contribution in [2.75, 3.05) is 27.2 Å². The van der Waals surface area contributed by atoms with Gasteiger partial charge in [0.2, 0.25) is 0 Å². The molecule has 1 fully saturated rings. The molecule has 0 spiro atoms. The average Bonchev–Trinajstić information content (AvgIpc) is 3.70. The van der Waals surface area contributed by atoms with Crippen LogP contribution in [0.1, 0.15) is 187 Å². The van der Waals surface area contributed by atoms with Gasteiger partial charge in [-0.3, -0.25) is 4.79 Å². The van der Waals surface area contributed by atoms with Crippen LogP contribution in [0, 0.1) is 5.41 Å². The van der Waals surface area contributed by atoms with Crippen LogP contribution in [-0.2, 0) is 9.53 Å². The predicted molar refractivity (Wildman–Crippen MR) is 176 cm³/mol. The van der Waals surface area contributed by atoms with Gasteiger partial charge in [0.15, 0.2) is 0 Å². The summed E-state index contributed by atoms with van der Waals surface area (Å²) >= 11 is 0. The first-order valence-electron chi connectivity index (χ1n) is 18.0. The minimum absolute atomic E-state index is 0.0135. The summed E-state index contributed by atoms with van der Waals surface area (Å²) in [6.45, 7) is 6.26. The lowest BCUT2D eigenvalue weighted by molar-refractivity contribution is -0.144. The number of hydrogen-bond donors (Lipinski definition) is 0. The van der Waals surface area contributed by atoms with E-state index in [4.69, 9.17) is 4.74 Å². The molecule has 1 rings (SSSR count). The van der Waals surface area contributed by atoms with E-state index in [0.29, 0.717) is 18.4 Å². The Labute approximate surface area is 251 Å². The number of hydrogen-bond acceptors (Lipinski definition) is 3. The molecule has 0 aromatic carbocycles. The molecular weight excluding hydrogens is 490 g/mol. The van der Waals surface area contributed by atoms with Crippen molar-refractivity contribution in [3.8, 4) is 0 Å². The summed E-state index contributed by atoms with van der Waals surface area (Å²) in [4.78, 5) is 14.3. The van der Waals surface area contributed by atoms with Gasteiger partial charge in [0.1, 0.15) is 0 Å². The monoisotopic (exact) mass is 562 g/mol. The van der Waals surface area contributed by atoms with Crippen LogP contribution in [0.5, 0.6) is 0 Å². The molecule has 1 saturated carbocycles. The van der Waals surface area contributed by atoms with Gasteiger partial charge < -0.3 is 9.64 Å². The van der Waals surface area contributed by atoms with E-state index in [1.54, 1.807) is 5.57 Å². The first kappa shape index (κ1) is 37.2. The lowest BCUT2D eigenvalue weighted by Crippen LogP contribution is -2.14. The Morgan fingerprint density at radius 1 is 0.650 bits per heavy atom. The normalized spacial score (nSPS) is 14.7. The molecule has 40 heavy (non-hydrogen) atoms. The summed E-state index contributed by atoms with van der Waals surface area (Å²) in [6.07, 6.45) is 38.1. The third kappa shape index (κ3) is 22.8. The van der Waals surface area contributed by atoms with Crippen LogP contribution < -0.4 is 0 Å². The molecule has 236 valence electrons. The van der Waals surface area contributed by atoms with Crippen molar-refractivity contribution >= 4 is 5.97 Å². The molecule has 0 atom stereocenters. The van der Waals surface area contributed by atoms with Crippen molar-refractivity contribution in [2.45, 2.75) is 187 Å². The fourth-order valence-corrected chi connectivity index (χ4v) is 6.11. The highest BCUT2D eigenvalue weighted by Crippen LogP contribution is 2.53. The minimum Gasteiger partial charge on any atom is -0.466 e. The lowest BCUT2D eigenvalue weighted by atomic mass is 9.92. The highest BCUT2D eigenvalue weighted by Gasteiger charge is 2.40. The van der Waals surface area contributed by atoms with Gasteiger partial charge in [-0.05, 0) is 110 Å². The van der Waals surface area contributed by atoms with Gasteiger partial charge in [-0.1, -0.05) is 109 Å². The smallest absolute Gasteiger partial charge is 0.305 e. The summed E-state index contributed by atoms with van der Waals surface area (Å²) in [5.74, 6) is 0.0135. The number of carbonyl (C=O) groups excluding carboxylic acids is 1. The topological polar surface area (TPSA) is 29.5 Å². The van der Waals surface area contributed by atoms with Crippen molar-refractivity contribution in [3.63, 3.8) is 0 Å². The van der Waals surface area contributed by atoms with Crippen LogP contribution in [0.2, 0.25) is 0 Å². The highest BCUT2D eigenvalue weighted by atomic mass is 16.5. The van der Waals surface area contributed by atoms with E-state index in [9.17, 15) is 4.79 Å². The molecule has 0 unspecified atom stereocenters. The molecule has 0 aliphatic heterocycles. The van der Waals surface area contributed by atoms with E-state index in [2.05, 4.69) is 38.9 Å². The van der Waals surface area contributed by atoms with Crippen molar-refractivity contribution in [3.05, 3.63) is 11.6 Å². The average molecular weight is 562 g/mol. The van der Waals surface area contributed by atoms with Gasteiger partial charge in [-0.25, -0.2) is 0 Å². The molecule has 0 saturated heterocycles. The Morgan fingerprint density at radius 3 is 1.70 bits per heavy atom. The number of nitrogens with zero attached hydrogens (tertiary/aromatic N) is 1. The number of unbranched alkanes of at least 4 members (excludes halogenated alkanes) is 15. The van der Waals surface area contributed by atoms with E-state index in [0.717, 1.165) is 25.8 Å². The fourth-order valence-electron chi connectivity index (χ4n) is 6.11. The maximum Gasteiger partial charge on any atom is 0.305 e. The number of carbonyl (C=O) groups is 1. The number of allylic oxidation sites excluding steroid dienone is 2. The lowest BCUT2D eigenvalue weighted by Gasteiger charge is -2.15. The molecule has 0 bridgehead atoms. The van der Waals surface area contributed by atoms with Gasteiger partial charge in [0, 0.05) is 6.42 Å². The Morgan fingerprint density at radius 2 is 1.18 bits per heavy atom. The molecule has 0 aromatic heterocycles. The first-order valence-corrected chi connectivity index (χ1v) is 18.0. The maximum absolute atomic E-state index is 12.1. The standard InChI is InChI=1S/C37H71NO2/c1-5-7-9-11-13-15-17-19-26-35(25-18-16-14-12-10-8-6-2)27-20-21-29-37(31-32-37)30-24-28-36(39)40-34-23-22-33-38(3)4/h27H,5-26,28-34H2,1-4H3. The van der Waals surface area contributed by atoms with Crippen LogP contribution in [-0.4, -0.2) is 38.1 Å². The van der Waals surface area contributed by atoms with Gasteiger partial charge in [0.05, 0.1) is 6.61 Å². The summed E-state index contributed by atoms with van der Waals surface area (Å²) in [6, 6.07) is 0. The fraction of sp³-hybridized carbons (Fsp3) is 0.919. The largest absolute Gasteiger partial charge is 0.466 e. The van der Waals surface area contributed by atoms with Crippen LogP contribution in [0.25, 0.3) is 0 Å². The molecule has 1 aliphatic carbocycles. The Balaban J connectivity index is 2.25. The van der Waals surface area contributed by atoms with E-state index in [1.807, 2.05) is 0 Å². The van der Waals surface area contributed by atoms with Crippen molar-refractivity contribution < 1.29 is 9.53 Å². The minimum atomic E-state index is 0.0135. The van der Waals surface area contributed by atoms with Gasteiger partial charge in [-0.2, -0.15) is 0 Å². The molecule has 1 aliphatic rings. The third-order valence-corrected chi connectivity index (χ3v) is 9.10. The molecule has 0 radical (unpaired) electrons. The zero-order chi connectivity index (χ0) is 29.2. The van der Waals surface area contributed by atoms with Gasteiger partial charge in [-0.15, -0.1) is 0 Å². The summed E-state index contributed by atoms with van der Waals surface area (Å²) in [7, 11) is 4.18. The van der Waals surface area contributed by atoms with E-state index < -0.39 is 0 Å². The van der Waals surface area contributed by atoms with E-state index >= 15 is 0 Å². The number of esters is 1. The van der Waals surface area contributed by atoms with Crippen LogP contribution in [0.15, 0.2) is 11.6 Å². The molecule has 0 heterocycles. The zero-order valence-corrected chi connectivity index (χ0v) is 27.8. The summed E-state index contributed by atoms with van der Waals surface area (Å²) < 4.78 is 5.45. The van der Waals surface area contributed by atoms with Crippen molar-refractivity contribution in [1.82, 2.24) is 4.90 Å². The Kier molecular flexibility index (Phi) is 24.0. The highest BCUT2D eigenvalue weighted by molar-refractivity contribution is 5.69. The van der Waals surface area contributed by atoms with Gasteiger partial charge >= 0.3 is 5.97 Å². The summed E-state index contributed by atoms with van der Waals surface area (Å²) in [5, 5.41) is 0. The second-order valence-corrected chi connectivity index (χ2v) is 13.4. The van der Waals surface area contributed by atoms with Crippen LogP contribution in [0.4, 0.5) is 0 Å². The number of rotatable bonds is 30. The molecule has 0 aromatic rings. The van der Waals surface area contributed by atoms with Crippen molar-refractivity contribution in [2.24, 2.45) is 5.41 Å². The molecule has 3 heteroatoms. The number of ether oxygens (including phenoxy) is 1. The van der Waals surface area contributed by atoms with Gasteiger partial charge in [0.25, 0.3) is 0 Å². The Hall–Kier alpha value is -0.830. The Bertz CT molecular complexity index is 607. The molecule has 0 N–H and O–H groups in total. The zero-order valence-electron chi connectivity index (χ0n) is 27.8. The molecule has 3 nitrogen and oxygen atoms in total. The second kappa shape index (κ2) is 25.8. The second-order valence-electron chi connectivity index (χ2n) is 13.4. The van der Waals surface area contributed by atoms with Crippen LogP contribution in [0.3, 0.4) is 0 Å². The first-order chi connectivity index (χ1) is 19.5. The molecule has 0 amide bonds. The van der Waals surface area contributed by atoms with Crippen LogP contribution >= 0.6 is 0 Å². The van der Waals surface area contributed by atoms with Crippen molar-refractivity contribution in [1.29, 1.82) is 0 Å².